The van der Waals surface area contributed by atoms with Gasteiger partial charge in [0.1, 0.15) is 17.4 Å². The lowest BCUT2D eigenvalue weighted by atomic mass is 9.92. The fraction of sp³-hybridized carbons (Fsp3) is 0.304. The number of aromatic nitrogens is 2. The van der Waals surface area contributed by atoms with Crippen molar-refractivity contribution in [3.8, 4) is 11.6 Å². The molecule has 2 aromatic carbocycles. The van der Waals surface area contributed by atoms with E-state index < -0.39 is 11.6 Å². The lowest BCUT2D eigenvalue weighted by Crippen LogP contribution is -2.15. The van der Waals surface area contributed by atoms with Crippen molar-refractivity contribution >= 4 is 11.8 Å². The first-order chi connectivity index (χ1) is 13.6. The summed E-state index contributed by atoms with van der Waals surface area (Å²) in [4.78, 5) is 9.06. The highest BCUT2D eigenvalue weighted by Crippen LogP contribution is 2.32. The topological polar surface area (TPSA) is 35.0 Å². The molecule has 0 atom stereocenters. The van der Waals surface area contributed by atoms with Gasteiger partial charge in [-0.2, -0.15) is 4.98 Å². The minimum Gasteiger partial charge on any atom is -0.439 e. The van der Waals surface area contributed by atoms with Crippen LogP contribution in [0, 0.1) is 25.5 Å². The number of hydrogen-bond donors (Lipinski definition) is 0. The smallest absolute Gasteiger partial charge is 0.223 e. The number of halogens is 2. The standard InChI is InChI=1S/C23H24F2N2OS/c1-14-8-6-11-19(15(14)2)28-21-12-20(23(3,4)5)26-22(27-21)29-13-16-17(24)9-7-10-18(16)25/h6-12H,13H2,1-5H3. The Morgan fingerprint density at radius 3 is 2.28 bits per heavy atom. The fourth-order valence-corrected chi connectivity index (χ4v) is 3.53. The highest BCUT2D eigenvalue weighted by atomic mass is 32.2. The molecule has 0 amide bonds. The maximum absolute atomic E-state index is 14.0. The quantitative estimate of drug-likeness (QED) is 0.341. The zero-order valence-electron chi connectivity index (χ0n) is 17.2. The summed E-state index contributed by atoms with van der Waals surface area (Å²) < 4.78 is 34.0. The van der Waals surface area contributed by atoms with E-state index in [1.165, 1.54) is 30.0 Å². The molecule has 1 aromatic heterocycles. The lowest BCUT2D eigenvalue weighted by Gasteiger charge is -2.19. The summed E-state index contributed by atoms with van der Waals surface area (Å²) in [5, 5.41) is 0.417. The van der Waals surface area contributed by atoms with Crippen LogP contribution in [0.5, 0.6) is 11.6 Å². The summed E-state index contributed by atoms with van der Waals surface area (Å²) in [7, 11) is 0. The summed E-state index contributed by atoms with van der Waals surface area (Å²) in [5.41, 5.74) is 2.73. The zero-order chi connectivity index (χ0) is 21.2. The molecule has 1 heterocycles. The molecule has 0 bridgehead atoms. The van der Waals surface area contributed by atoms with Crippen LogP contribution in [0.3, 0.4) is 0 Å². The molecule has 0 aliphatic heterocycles. The first-order valence-electron chi connectivity index (χ1n) is 9.34. The molecule has 3 aromatic rings. The Bertz CT molecular complexity index is 1010. The number of nitrogens with zero attached hydrogens (tertiary/aromatic N) is 2. The first-order valence-corrected chi connectivity index (χ1v) is 10.3. The summed E-state index contributed by atoms with van der Waals surface area (Å²) in [6.07, 6.45) is 0. The van der Waals surface area contributed by atoms with Crippen molar-refractivity contribution in [2.45, 2.75) is 50.9 Å². The van der Waals surface area contributed by atoms with Gasteiger partial charge in [0.2, 0.25) is 5.88 Å². The molecule has 0 unspecified atom stereocenters. The third-order valence-corrected chi connectivity index (χ3v) is 5.50. The second-order valence-electron chi connectivity index (χ2n) is 7.91. The normalized spacial score (nSPS) is 11.6. The average Bonchev–Trinajstić information content (AvgIpc) is 2.64. The Kier molecular flexibility index (Phi) is 6.22. The summed E-state index contributed by atoms with van der Waals surface area (Å²) >= 11 is 1.18. The van der Waals surface area contributed by atoms with Gasteiger partial charge in [-0.25, -0.2) is 13.8 Å². The monoisotopic (exact) mass is 414 g/mol. The van der Waals surface area contributed by atoms with Crippen molar-refractivity contribution in [1.82, 2.24) is 9.97 Å². The van der Waals surface area contributed by atoms with Gasteiger partial charge in [0.15, 0.2) is 5.16 Å². The van der Waals surface area contributed by atoms with Gasteiger partial charge >= 0.3 is 0 Å². The Hall–Kier alpha value is -2.47. The first kappa shape index (κ1) is 21.2. The van der Waals surface area contributed by atoms with Gasteiger partial charge in [-0.05, 0) is 43.2 Å². The van der Waals surface area contributed by atoms with E-state index in [1.54, 1.807) is 0 Å². The van der Waals surface area contributed by atoms with E-state index in [2.05, 4.69) is 9.97 Å². The third kappa shape index (κ3) is 5.12. The number of thioether (sulfide) groups is 1. The number of benzene rings is 2. The minimum atomic E-state index is -0.573. The number of rotatable bonds is 5. The molecule has 29 heavy (non-hydrogen) atoms. The Morgan fingerprint density at radius 1 is 0.966 bits per heavy atom. The summed E-state index contributed by atoms with van der Waals surface area (Å²) in [5.74, 6) is 0.0807. The van der Waals surface area contributed by atoms with Gasteiger partial charge in [-0.1, -0.05) is 50.7 Å². The van der Waals surface area contributed by atoms with Gasteiger partial charge < -0.3 is 4.74 Å². The molecule has 0 aliphatic carbocycles. The molecule has 152 valence electrons. The predicted molar refractivity (Wildman–Crippen MR) is 113 cm³/mol. The van der Waals surface area contributed by atoms with Crippen molar-refractivity contribution < 1.29 is 13.5 Å². The summed E-state index contributed by atoms with van der Waals surface area (Å²) in [6, 6.07) is 11.5. The van der Waals surface area contributed by atoms with Crippen LogP contribution < -0.4 is 4.74 Å². The molecule has 0 fully saturated rings. The molecule has 0 saturated heterocycles. The third-order valence-electron chi connectivity index (χ3n) is 4.63. The fourth-order valence-electron chi connectivity index (χ4n) is 2.66. The van der Waals surface area contributed by atoms with E-state index in [-0.39, 0.29) is 16.7 Å². The van der Waals surface area contributed by atoms with E-state index in [9.17, 15) is 8.78 Å². The molecule has 0 aliphatic rings. The number of aryl methyl sites for hydroxylation is 1. The van der Waals surface area contributed by atoms with Crippen molar-refractivity contribution in [2.75, 3.05) is 0 Å². The van der Waals surface area contributed by atoms with E-state index in [0.717, 1.165) is 22.6 Å². The Balaban J connectivity index is 1.93. The van der Waals surface area contributed by atoms with Crippen LogP contribution in [0.4, 0.5) is 8.78 Å². The van der Waals surface area contributed by atoms with Crippen LogP contribution in [-0.4, -0.2) is 9.97 Å². The predicted octanol–water partition coefficient (Wildman–Crippen LogP) is 6.75. The van der Waals surface area contributed by atoms with Gasteiger partial charge in [0, 0.05) is 22.8 Å². The molecule has 0 spiro atoms. The highest BCUT2D eigenvalue weighted by Gasteiger charge is 2.20. The van der Waals surface area contributed by atoms with Gasteiger partial charge in [-0.3, -0.25) is 0 Å². The lowest BCUT2D eigenvalue weighted by molar-refractivity contribution is 0.443. The second kappa shape index (κ2) is 8.49. The van der Waals surface area contributed by atoms with Crippen LogP contribution in [0.15, 0.2) is 47.6 Å². The number of ether oxygens (including phenoxy) is 1. The molecular formula is C23H24F2N2OS. The van der Waals surface area contributed by atoms with Gasteiger partial charge in [0.25, 0.3) is 0 Å². The van der Waals surface area contributed by atoms with Crippen LogP contribution in [0.2, 0.25) is 0 Å². The molecule has 0 radical (unpaired) electrons. The average molecular weight is 415 g/mol. The van der Waals surface area contributed by atoms with Crippen LogP contribution >= 0.6 is 11.8 Å². The van der Waals surface area contributed by atoms with E-state index >= 15 is 0 Å². The molecule has 0 N–H and O–H groups in total. The van der Waals surface area contributed by atoms with Gasteiger partial charge in [-0.15, -0.1) is 0 Å². The largest absolute Gasteiger partial charge is 0.439 e. The van der Waals surface area contributed by atoms with E-state index in [4.69, 9.17) is 4.74 Å². The second-order valence-corrected chi connectivity index (χ2v) is 8.86. The highest BCUT2D eigenvalue weighted by molar-refractivity contribution is 7.98. The van der Waals surface area contributed by atoms with E-state index in [1.807, 2.05) is 58.9 Å². The minimum absolute atomic E-state index is 0.0132. The van der Waals surface area contributed by atoms with Crippen LogP contribution in [0.25, 0.3) is 0 Å². The Morgan fingerprint density at radius 2 is 1.62 bits per heavy atom. The van der Waals surface area contributed by atoms with Crippen molar-refractivity contribution in [1.29, 1.82) is 0 Å². The molecule has 0 saturated carbocycles. The van der Waals surface area contributed by atoms with Crippen LogP contribution in [0.1, 0.15) is 43.2 Å². The Labute approximate surface area is 174 Å². The van der Waals surface area contributed by atoms with E-state index in [0.29, 0.717) is 11.0 Å². The molecule has 3 rings (SSSR count). The molecular weight excluding hydrogens is 390 g/mol. The number of hydrogen-bond acceptors (Lipinski definition) is 4. The SMILES string of the molecule is Cc1cccc(Oc2cc(C(C)(C)C)nc(SCc3c(F)cccc3F)n2)c1C. The summed E-state index contributed by atoms with van der Waals surface area (Å²) in [6.45, 7) is 10.1. The molecule has 6 heteroatoms. The van der Waals surface area contributed by atoms with Crippen molar-refractivity contribution in [2.24, 2.45) is 0 Å². The van der Waals surface area contributed by atoms with Crippen molar-refractivity contribution in [3.63, 3.8) is 0 Å². The van der Waals surface area contributed by atoms with Crippen molar-refractivity contribution in [3.05, 3.63) is 76.5 Å². The maximum Gasteiger partial charge on any atom is 0.223 e. The maximum atomic E-state index is 14.0. The molecule has 3 nitrogen and oxygen atoms in total. The zero-order valence-corrected chi connectivity index (χ0v) is 18.0. The van der Waals surface area contributed by atoms with Gasteiger partial charge in [0.05, 0.1) is 5.69 Å². The van der Waals surface area contributed by atoms with Crippen LogP contribution in [-0.2, 0) is 11.2 Å².